The molecule has 2 rings (SSSR count). The maximum absolute atomic E-state index is 9.13. The van der Waals surface area contributed by atoms with Crippen LogP contribution in [0.2, 0.25) is 0 Å². The molecule has 0 N–H and O–H groups in total. The summed E-state index contributed by atoms with van der Waals surface area (Å²) in [6.07, 6.45) is 0.0784. The number of nitrogens with zero attached hydrogens (tertiary/aromatic N) is 1. The summed E-state index contributed by atoms with van der Waals surface area (Å²) >= 11 is 1.66. The molecule has 0 fully saturated rings. The fraction of sp³-hybridized carbons (Fsp3) is 0.214. The Morgan fingerprint density at radius 1 is 1.29 bits per heavy atom. The number of rotatable bonds is 3. The smallest absolute Gasteiger partial charge is 0.137 e. The van der Waals surface area contributed by atoms with Crippen LogP contribution >= 0.6 is 11.3 Å². The number of ether oxygens (including phenoxy) is 1. The Bertz CT molecular complexity index is 538. The summed E-state index contributed by atoms with van der Waals surface area (Å²) < 4.78 is 5.59. The van der Waals surface area contributed by atoms with E-state index >= 15 is 0 Å². The lowest BCUT2D eigenvalue weighted by atomic mass is 10.1. The molecule has 1 heterocycles. The first kappa shape index (κ1) is 11.7. The number of thiophene rings is 1. The highest BCUT2D eigenvalue weighted by atomic mass is 32.1. The molecular weight excluding hydrogens is 230 g/mol. The Hall–Kier alpha value is -1.79. The molecule has 0 radical (unpaired) electrons. The number of benzene rings is 1. The molecular formula is C14H13NOS. The predicted molar refractivity (Wildman–Crippen MR) is 70.2 cm³/mol. The first-order valence-electron chi connectivity index (χ1n) is 5.45. The van der Waals surface area contributed by atoms with E-state index < -0.39 is 0 Å². The van der Waals surface area contributed by atoms with Gasteiger partial charge in [0.1, 0.15) is 11.8 Å². The third-order valence-corrected chi connectivity index (χ3v) is 3.19. The van der Waals surface area contributed by atoms with Gasteiger partial charge in [0.25, 0.3) is 0 Å². The average Bonchev–Trinajstić information content (AvgIpc) is 2.82. The third kappa shape index (κ3) is 2.66. The summed E-state index contributed by atoms with van der Waals surface area (Å²) in [6, 6.07) is 12.0. The minimum Gasteiger partial charge on any atom is -0.490 e. The summed E-state index contributed by atoms with van der Waals surface area (Å²) in [7, 11) is 0. The molecule has 0 aliphatic carbocycles. The Morgan fingerprint density at radius 3 is 2.71 bits per heavy atom. The van der Waals surface area contributed by atoms with Crippen LogP contribution in [-0.2, 0) is 0 Å². The van der Waals surface area contributed by atoms with Gasteiger partial charge in [-0.1, -0.05) is 6.07 Å². The van der Waals surface area contributed by atoms with Crippen LogP contribution in [0.5, 0.6) is 5.75 Å². The van der Waals surface area contributed by atoms with E-state index in [0.717, 1.165) is 10.4 Å². The van der Waals surface area contributed by atoms with Crippen molar-refractivity contribution in [3.63, 3.8) is 0 Å². The molecule has 2 nitrogen and oxygen atoms in total. The molecule has 0 aliphatic rings. The van der Waals surface area contributed by atoms with Crippen molar-refractivity contribution < 1.29 is 4.74 Å². The Kier molecular flexibility index (Phi) is 3.46. The van der Waals surface area contributed by atoms with Gasteiger partial charge < -0.3 is 4.74 Å². The largest absolute Gasteiger partial charge is 0.490 e. The van der Waals surface area contributed by atoms with Gasteiger partial charge in [-0.15, -0.1) is 11.3 Å². The third-order valence-electron chi connectivity index (χ3n) is 2.27. The van der Waals surface area contributed by atoms with Gasteiger partial charge in [-0.05, 0) is 49.1 Å². The molecule has 3 heteroatoms. The molecule has 0 saturated carbocycles. The molecule has 0 unspecified atom stereocenters. The second-order valence-corrected chi connectivity index (χ2v) is 4.91. The SMILES string of the molecule is CC(C)Oc1ccc(-c2cccs2)cc1C#N. The lowest BCUT2D eigenvalue weighted by molar-refractivity contribution is 0.242. The predicted octanol–water partition coefficient (Wildman–Crippen LogP) is 4.07. The summed E-state index contributed by atoms with van der Waals surface area (Å²) in [5.41, 5.74) is 1.65. The average molecular weight is 243 g/mol. The molecule has 1 aromatic carbocycles. The van der Waals surface area contributed by atoms with Crippen LogP contribution in [0.4, 0.5) is 0 Å². The van der Waals surface area contributed by atoms with E-state index in [9.17, 15) is 0 Å². The number of hydrogen-bond donors (Lipinski definition) is 0. The topological polar surface area (TPSA) is 33.0 Å². The Balaban J connectivity index is 2.39. The number of nitriles is 1. The van der Waals surface area contributed by atoms with Crippen LogP contribution in [0.25, 0.3) is 10.4 Å². The molecule has 2 aromatic rings. The number of hydrogen-bond acceptors (Lipinski definition) is 3. The minimum absolute atomic E-state index is 0.0784. The molecule has 0 amide bonds. The normalized spacial score (nSPS) is 10.2. The lowest BCUT2D eigenvalue weighted by Crippen LogP contribution is -2.06. The highest BCUT2D eigenvalue weighted by Crippen LogP contribution is 2.29. The van der Waals surface area contributed by atoms with Gasteiger partial charge in [0.05, 0.1) is 11.7 Å². The molecule has 0 saturated heterocycles. The van der Waals surface area contributed by atoms with Crippen molar-refractivity contribution in [1.82, 2.24) is 0 Å². The fourth-order valence-electron chi connectivity index (χ4n) is 1.57. The summed E-state index contributed by atoms with van der Waals surface area (Å²) in [5.74, 6) is 0.655. The second-order valence-electron chi connectivity index (χ2n) is 3.97. The van der Waals surface area contributed by atoms with Crippen LogP contribution in [0.1, 0.15) is 19.4 Å². The van der Waals surface area contributed by atoms with Crippen molar-refractivity contribution in [3.05, 3.63) is 41.3 Å². The van der Waals surface area contributed by atoms with Crippen molar-refractivity contribution >= 4 is 11.3 Å². The minimum atomic E-state index is 0.0784. The zero-order chi connectivity index (χ0) is 12.3. The maximum Gasteiger partial charge on any atom is 0.137 e. The molecule has 0 bridgehead atoms. The van der Waals surface area contributed by atoms with Gasteiger partial charge in [0.2, 0.25) is 0 Å². The van der Waals surface area contributed by atoms with Crippen LogP contribution < -0.4 is 4.74 Å². The van der Waals surface area contributed by atoms with Crippen molar-refractivity contribution in [1.29, 1.82) is 5.26 Å². The van der Waals surface area contributed by atoms with E-state index in [1.165, 1.54) is 0 Å². The van der Waals surface area contributed by atoms with Crippen LogP contribution in [0.15, 0.2) is 35.7 Å². The van der Waals surface area contributed by atoms with Crippen LogP contribution in [-0.4, -0.2) is 6.10 Å². The molecule has 17 heavy (non-hydrogen) atoms. The van der Waals surface area contributed by atoms with Crippen molar-refractivity contribution in [2.75, 3.05) is 0 Å². The van der Waals surface area contributed by atoms with Crippen molar-refractivity contribution in [2.45, 2.75) is 20.0 Å². The Labute approximate surface area is 105 Å². The summed E-state index contributed by atoms with van der Waals surface area (Å²) in [4.78, 5) is 1.16. The van der Waals surface area contributed by atoms with Crippen LogP contribution in [0, 0.1) is 11.3 Å². The first-order chi connectivity index (χ1) is 8.20. The van der Waals surface area contributed by atoms with Gasteiger partial charge >= 0.3 is 0 Å². The molecule has 86 valence electrons. The Morgan fingerprint density at radius 2 is 2.12 bits per heavy atom. The van der Waals surface area contributed by atoms with Gasteiger partial charge in [-0.2, -0.15) is 5.26 Å². The summed E-state index contributed by atoms with van der Waals surface area (Å²) in [5, 5.41) is 11.2. The van der Waals surface area contributed by atoms with Crippen LogP contribution in [0.3, 0.4) is 0 Å². The monoisotopic (exact) mass is 243 g/mol. The van der Waals surface area contributed by atoms with Gasteiger partial charge in [0.15, 0.2) is 0 Å². The van der Waals surface area contributed by atoms with Crippen molar-refractivity contribution in [2.24, 2.45) is 0 Å². The molecule has 0 aliphatic heterocycles. The van der Waals surface area contributed by atoms with E-state index in [2.05, 4.69) is 6.07 Å². The molecule has 0 atom stereocenters. The van der Waals surface area contributed by atoms with E-state index in [-0.39, 0.29) is 6.10 Å². The maximum atomic E-state index is 9.13. The van der Waals surface area contributed by atoms with Gasteiger partial charge in [-0.25, -0.2) is 0 Å². The van der Waals surface area contributed by atoms with Gasteiger partial charge in [-0.3, -0.25) is 0 Å². The van der Waals surface area contributed by atoms with E-state index in [1.807, 2.05) is 49.6 Å². The van der Waals surface area contributed by atoms with Gasteiger partial charge in [0, 0.05) is 4.88 Å². The zero-order valence-electron chi connectivity index (χ0n) is 9.81. The lowest BCUT2D eigenvalue weighted by Gasteiger charge is -2.11. The van der Waals surface area contributed by atoms with E-state index in [0.29, 0.717) is 11.3 Å². The fourth-order valence-corrected chi connectivity index (χ4v) is 2.29. The van der Waals surface area contributed by atoms with E-state index in [4.69, 9.17) is 10.00 Å². The molecule has 1 aromatic heterocycles. The highest BCUT2D eigenvalue weighted by molar-refractivity contribution is 7.13. The quantitative estimate of drug-likeness (QED) is 0.814. The summed E-state index contributed by atoms with van der Waals surface area (Å²) in [6.45, 7) is 3.91. The highest BCUT2D eigenvalue weighted by Gasteiger charge is 2.08. The molecule has 0 spiro atoms. The standard InChI is InChI=1S/C14H13NOS/c1-10(2)16-13-6-5-11(8-12(13)9-15)14-4-3-7-17-14/h3-8,10H,1-2H3. The van der Waals surface area contributed by atoms with Crippen molar-refractivity contribution in [3.8, 4) is 22.3 Å². The van der Waals surface area contributed by atoms with E-state index in [1.54, 1.807) is 11.3 Å². The zero-order valence-corrected chi connectivity index (χ0v) is 10.6. The second kappa shape index (κ2) is 5.03. The first-order valence-corrected chi connectivity index (χ1v) is 6.33.